The lowest BCUT2D eigenvalue weighted by Crippen LogP contribution is -2.46. The third kappa shape index (κ3) is 6.15. The average molecular weight is 553 g/mol. The lowest BCUT2D eigenvalue weighted by Gasteiger charge is -2.32. The van der Waals surface area contributed by atoms with E-state index < -0.39 is 6.04 Å². The number of hydrogen-bond acceptors (Lipinski definition) is 6. The highest BCUT2D eigenvalue weighted by Crippen LogP contribution is 2.35. The summed E-state index contributed by atoms with van der Waals surface area (Å²) in [5.41, 5.74) is 4.03. The third-order valence-electron chi connectivity index (χ3n) is 8.26. The number of para-hydroxylation sites is 1. The van der Waals surface area contributed by atoms with Crippen LogP contribution in [0.15, 0.2) is 73.1 Å². The van der Waals surface area contributed by atoms with Gasteiger partial charge >= 0.3 is 0 Å². The van der Waals surface area contributed by atoms with Gasteiger partial charge < -0.3 is 10.1 Å². The first-order valence-corrected chi connectivity index (χ1v) is 14.7. The second kappa shape index (κ2) is 12.6. The largest absolute Gasteiger partial charge is 0.376 e. The Hall–Kier alpha value is -4.11. The maximum absolute atomic E-state index is 14.2. The highest BCUT2D eigenvalue weighted by atomic mass is 16.5. The van der Waals surface area contributed by atoms with E-state index in [0.29, 0.717) is 35.8 Å². The van der Waals surface area contributed by atoms with Crippen LogP contribution in [0, 0.1) is 0 Å². The van der Waals surface area contributed by atoms with Crippen molar-refractivity contribution in [3.63, 3.8) is 0 Å². The molecule has 2 aromatic carbocycles. The van der Waals surface area contributed by atoms with E-state index in [-0.39, 0.29) is 24.5 Å². The Balaban J connectivity index is 1.35. The summed E-state index contributed by atoms with van der Waals surface area (Å²) >= 11 is 0. The van der Waals surface area contributed by atoms with Gasteiger partial charge in [0.15, 0.2) is 0 Å². The predicted octanol–water partition coefficient (Wildman–Crippen LogP) is 4.94. The molecule has 1 aliphatic heterocycles. The molecule has 0 unspecified atom stereocenters. The monoisotopic (exact) mass is 552 g/mol. The van der Waals surface area contributed by atoms with Crippen LogP contribution in [0.25, 0.3) is 11.0 Å². The molecule has 1 saturated carbocycles. The van der Waals surface area contributed by atoms with E-state index in [1.165, 1.54) is 37.7 Å². The molecule has 41 heavy (non-hydrogen) atoms. The summed E-state index contributed by atoms with van der Waals surface area (Å²) < 4.78 is 7.33. The van der Waals surface area contributed by atoms with Gasteiger partial charge in [-0.15, -0.1) is 5.10 Å². The number of nitrogens with one attached hydrogen (secondary N) is 1. The summed E-state index contributed by atoms with van der Waals surface area (Å²) in [5.74, 6) is -0.0128. The minimum atomic E-state index is -0.923. The zero-order valence-corrected chi connectivity index (χ0v) is 23.2. The molecule has 2 amide bonds. The lowest BCUT2D eigenvalue weighted by atomic mass is 9.84. The van der Waals surface area contributed by atoms with E-state index in [9.17, 15) is 9.59 Å². The molecular formula is C32H36N6O3. The van der Waals surface area contributed by atoms with Crippen molar-refractivity contribution < 1.29 is 14.3 Å². The minimum absolute atomic E-state index is 0.0195. The second-order valence-corrected chi connectivity index (χ2v) is 11.0. The van der Waals surface area contributed by atoms with E-state index in [1.54, 1.807) is 28.0 Å². The van der Waals surface area contributed by atoms with Crippen LogP contribution in [0.5, 0.6) is 0 Å². The van der Waals surface area contributed by atoms with Crippen LogP contribution in [0.4, 0.5) is 5.69 Å². The molecule has 9 nitrogen and oxygen atoms in total. The van der Waals surface area contributed by atoms with Gasteiger partial charge in [-0.2, -0.15) is 0 Å². The molecule has 3 heterocycles. The fourth-order valence-corrected chi connectivity index (χ4v) is 6.09. The second-order valence-electron chi connectivity index (χ2n) is 11.0. The quantitative estimate of drug-likeness (QED) is 0.316. The summed E-state index contributed by atoms with van der Waals surface area (Å²) in [6.45, 7) is 1.03. The maximum atomic E-state index is 14.2. The van der Waals surface area contributed by atoms with Crippen LogP contribution < -0.4 is 10.2 Å². The minimum Gasteiger partial charge on any atom is -0.376 e. The van der Waals surface area contributed by atoms with Crippen LogP contribution in [0.1, 0.15) is 68.0 Å². The van der Waals surface area contributed by atoms with E-state index in [0.717, 1.165) is 18.4 Å². The number of amides is 2. The fraction of sp³-hybridized carbons (Fsp3) is 0.406. The standard InChI is InChI=1S/C32H36N6O3/c39-30(22-37-29-13-5-4-12-28(29)35-36-37)38(26-16-14-24(15-17-26)23-8-2-1-3-9-23)31(25-10-6-18-33-20-25)32(40)34-21-27-11-7-19-41-27/h4-6,10,12-18,20,23,27,31H,1-3,7-9,11,19,21-22H2,(H,34,40)/t27-,31+/m1/s1. The summed E-state index contributed by atoms with van der Waals surface area (Å²) in [6, 6.07) is 18.4. The Bertz CT molecular complexity index is 1460. The normalized spacial score (nSPS) is 18.3. The van der Waals surface area contributed by atoms with Gasteiger partial charge in [-0.3, -0.25) is 19.5 Å². The van der Waals surface area contributed by atoms with Crippen molar-refractivity contribution in [3.8, 4) is 0 Å². The van der Waals surface area contributed by atoms with E-state index in [4.69, 9.17) is 4.74 Å². The number of hydrogen-bond donors (Lipinski definition) is 1. The number of ether oxygens (including phenoxy) is 1. The first-order chi connectivity index (χ1) is 20.2. The number of benzene rings is 2. The van der Waals surface area contributed by atoms with Crippen LogP contribution in [0.3, 0.4) is 0 Å². The molecule has 1 saturated heterocycles. The molecule has 0 radical (unpaired) electrons. The van der Waals surface area contributed by atoms with Crippen molar-refractivity contribution in [2.45, 2.75) is 69.6 Å². The van der Waals surface area contributed by atoms with E-state index in [2.05, 4.69) is 32.7 Å². The molecule has 2 atom stereocenters. The van der Waals surface area contributed by atoms with Gasteiger partial charge in [0.25, 0.3) is 0 Å². The van der Waals surface area contributed by atoms with E-state index >= 15 is 0 Å². The van der Waals surface area contributed by atoms with Crippen molar-refractivity contribution >= 4 is 28.5 Å². The SMILES string of the molecule is O=C(NC[C@H]1CCCO1)[C@H](c1cccnc1)N(C(=O)Cn1nnc2ccccc21)c1ccc(C2CCCCC2)cc1. The van der Waals surface area contributed by atoms with Crippen molar-refractivity contribution in [2.24, 2.45) is 0 Å². The first-order valence-electron chi connectivity index (χ1n) is 14.7. The molecule has 2 aromatic heterocycles. The highest BCUT2D eigenvalue weighted by molar-refractivity contribution is 6.01. The molecule has 0 spiro atoms. The van der Waals surface area contributed by atoms with Gasteiger partial charge in [0, 0.05) is 36.8 Å². The Kier molecular flexibility index (Phi) is 8.32. The molecule has 0 bridgehead atoms. The number of carbonyl (C=O) groups is 2. The van der Waals surface area contributed by atoms with Gasteiger partial charge in [-0.05, 0) is 67.5 Å². The Morgan fingerprint density at radius 2 is 1.80 bits per heavy atom. The number of pyridine rings is 1. The van der Waals surface area contributed by atoms with Crippen LogP contribution in [0.2, 0.25) is 0 Å². The van der Waals surface area contributed by atoms with Gasteiger partial charge in [-0.25, -0.2) is 4.68 Å². The smallest absolute Gasteiger partial charge is 0.249 e. The molecular weight excluding hydrogens is 516 g/mol. The van der Waals surface area contributed by atoms with Gasteiger partial charge in [0.05, 0.1) is 11.6 Å². The number of anilines is 1. The average Bonchev–Trinajstić information content (AvgIpc) is 3.70. The number of rotatable bonds is 9. The first kappa shape index (κ1) is 27.1. The molecule has 2 fully saturated rings. The molecule has 4 aromatic rings. The molecule has 6 rings (SSSR count). The van der Waals surface area contributed by atoms with Crippen molar-refractivity contribution in [1.82, 2.24) is 25.3 Å². The molecule has 2 aliphatic rings. The van der Waals surface area contributed by atoms with Gasteiger partial charge in [-0.1, -0.05) is 54.8 Å². The Morgan fingerprint density at radius 3 is 2.56 bits per heavy atom. The van der Waals surface area contributed by atoms with E-state index in [1.807, 2.05) is 42.5 Å². The summed E-state index contributed by atoms with van der Waals surface area (Å²) in [4.78, 5) is 34.0. The van der Waals surface area contributed by atoms with Crippen LogP contribution in [-0.4, -0.2) is 51.0 Å². The predicted molar refractivity (Wildman–Crippen MR) is 156 cm³/mol. The number of fused-ring (bicyclic) bond motifs is 1. The number of nitrogens with zero attached hydrogens (tertiary/aromatic N) is 5. The lowest BCUT2D eigenvalue weighted by molar-refractivity contribution is -0.127. The van der Waals surface area contributed by atoms with Gasteiger partial charge in [0.2, 0.25) is 11.8 Å². The molecule has 9 heteroatoms. The van der Waals surface area contributed by atoms with Crippen molar-refractivity contribution in [1.29, 1.82) is 0 Å². The zero-order valence-electron chi connectivity index (χ0n) is 23.2. The Labute approximate surface area is 239 Å². The topological polar surface area (TPSA) is 102 Å². The molecule has 1 aliphatic carbocycles. The van der Waals surface area contributed by atoms with Crippen molar-refractivity contribution in [3.05, 3.63) is 84.2 Å². The zero-order chi connectivity index (χ0) is 28.0. The molecule has 1 N–H and O–H groups in total. The highest BCUT2D eigenvalue weighted by Gasteiger charge is 2.34. The maximum Gasteiger partial charge on any atom is 0.249 e. The van der Waals surface area contributed by atoms with Crippen molar-refractivity contribution in [2.75, 3.05) is 18.1 Å². The molecule has 212 valence electrons. The number of aromatic nitrogens is 4. The third-order valence-corrected chi connectivity index (χ3v) is 8.26. The summed E-state index contributed by atoms with van der Waals surface area (Å²) in [7, 11) is 0. The van der Waals surface area contributed by atoms with Gasteiger partial charge in [0.1, 0.15) is 18.1 Å². The van der Waals surface area contributed by atoms with Crippen LogP contribution >= 0.6 is 0 Å². The van der Waals surface area contributed by atoms with Crippen LogP contribution in [-0.2, 0) is 20.9 Å². The Morgan fingerprint density at radius 1 is 0.976 bits per heavy atom. The number of carbonyl (C=O) groups excluding carboxylic acids is 2. The summed E-state index contributed by atoms with van der Waals surface area (Å²) in [6.07, 6.45) is 11.3. The summed E-state index contributed by atoms with van der Waals surface area (Å²) in [5, 5.41) is 11.5. The fourth-order valence-electron chi connectivity index (χ4n) is 6.09.